The van der Waals surface area contributed by atoms with Gasteiger partial charge in [-0.25, -0.2) is 4.98 Å². The molecule has 0 bridgehead atoms. The van der Waals surface area contributed by atoms with Gasteiger partial charge in [0.1, 0.15) is 0 Å². The Labute approximate surface area is 151 Å². The second-order valence-corrected chi connectivity index (χ2v) is 6.18. The standard InChI is InChI=1S/C18H12BrN5O/c19-14-4-1-2-5-15(14)21-17(25)13-8-6-12(7-9-13)16-22-23-18-20-10-3-11-24(16)18/h1-11H,(H,21,25). The van der Waals surface area contributed by atoms with E-state index >= 15 is 0 Å². The van der Waals surface area contributed by atoms with Crippen LogP contribution in [0.1, 0.15) is 10.4 Å². The van der Waals surface area contributed by atoms with Gasteiger partial charge in [0.25, 0.3) is 11.7 Å². The van der Waals surface area contributed by atoms with Gasteiger partial charge in [-0.3, -0.25) is 9.20 Å². The van der Waals surface area contributed by atoms with Crippen LogP contribution >= 0.6 is 15.9 Å². The van der Waals surface area contributed by atoms with Gasteiger partial charge in [0.05, 0.1) is 5.69 Å². The van der Waals surface area contributed by atoms with E-state index in [0.717, 1.165) is 15.7 Å². The third-order valence-electron chi connectivity index (χ3n) is 3.72. The number of hydrogen-bond donors (Lipinski definition) is 1. The first-order valence-electron chi connectivity index (χ1n) is 7.54. The summed E-state index contributed by atoms with van der Waals surface area (Å²) in [6.45, 7) is 0. The zero-order valence-corrected chi connectivity index (χ0v) is 14.5. The number of carbonyl (C=O) groups is 1. The van der Waals surface area contributed by atoms with Crippen molar-refractivity contribution >= 4 is 33.3 Å². The van der Waals surface area contributed by atoms with Crippen LogP contribution in [0.2, 0.25) is 0 Å². The van der Waals surface area contributed by atoms with Gasteiger partial charge in [0.2, 0.25) is 0 Å². The van der Waals surface area contributed by atoms with Crippen molar-refractivity contribution in [3.63, 3.8) is 0 Å². The fourth-order valence-corrected chi connectivity index (χ4v) is 2.85. The van der Waals surface area contributed by atoms with Crippen molar-refractivity contribution in [1.82, 2.24) is 19.6 Å². The third-order valence-corrected chi connectivity index (χ3v) is 4.41. The Balaban J connectivity index is 1.60. The number of rotatable bonds is 3. The summed E-state index contributed by atoms with van der Waals surface area (Å²) in [4.78, 5) is 16.6. The first-order valence-corrected chi connectivity index (χ1v) is 8.34. The van der Waals surface area contributed by atoms with Crippen molar-refractivity contribution in [2.24, 2.45) is 0 Å². The second kappa shape index (κ2) is 6.45. The Kier molecular flexibility index (Phi) is 3.99. The van der Waals surface area contributed by atoms with Gasteiger partial charge in [-0.2, -0.15) is 0 Å². The number of fused-ring (bicyclic) bond motifs is 1. The maximum Gasteiger partial charge on any atom is 0.255 e. The first-order chi connectivity index (χ1) is 12.2. The summed E-state index contributed by atoms with van der Waals surface area (Å²) in [7, 11) is 0. The molecule has 0 radical (unpaired) electrons. The van der Waals surface area contributed by atoms with Gasteiger partial charge in [0.15, 0.2) is 5.82 Å². The smallest absolute Gasteiger partial charge is 0.255 e. The minimum Gasteiger partial charge on any atom is -0.321 e. The summed E-state index contributed by atoms with van der Waals surface area (Å²) < 4.78 is 2.64. The number of aromatic nitrogens is 4. The molecule has 0 saturated carbocycles. The largest absolute Gasteiger partial charge is 0.321 e. The molecule has 0 fully saturated rings. The molecule has 0 saturated heterocycles. The number of nitrogens with one attached hydrogen (secondary N) is 1. The molecule has 2 heterocycles. The van der Waals surface area contributed by atoms with E-state index in [4.69, 9.17) is 0 Å². The average molecular weight is 394 g/mol. The lowest BCUT2D eigenvalue weighted by molar-refractivity contribution is 0.102. The topological polar surface area (TPSA) is 72.2 Å². The highest BCUT2D eigenvalue weighted by atomic mass is 79.9. The molecule has 6 nitrogen and oxygen atoms in total. The van der Waals surface area contributed by atoms with E-state index in [2.05, 4.69) is 36.4 Å². The van der Waals surface area contributed by atoms with Crippen molar-refractivity contribution in [3.05, 3.63) is 77.0 Å². The lowest BCUT2D eigenvalue weighted by Gasteiger charge is -2.07. The minimum absolute atomic E-state index is 0.175. The van der Waals surface area contributed by atoms with Crippen molar-refractivity contribution in [3.8, 4) is 11.4 Å². The predicted molar refractivity (Wildman–Crippen MR) is 98.3 cm³/mol. The Morgan fingerprint density at radius 1 is 1.00 bits per heavy atom. The van der Waals surface area contributed by atoms with Crippen LogP contribution in [0, 0.1) is 0 Å². The Morgan fingerprint density at radius 3 is 2.60 bits per heavy atom. The molecule has 0 aliphatic carbocycles. The van der Waals surface area contributed by atoms with Crippen LogP contribution in [0.5, 0.6) is 0 Å². The predicted octanol–water partition coefficient (Wildman–Crippen LogP) is 3.81. The van der Waals surface area contributed by atoms with Gasteiger partial charge >= 0.3 is 0 Å². The summed E-state index contributed by atoms with van der Waals surface area (Å²) >= 11 is 3.42. The zero-order chi connectivity index (χ0) is 17.2. The summed E-state index contributed by atoms with van der Waals surface area (Å²) in [5.41, 5.74) is 2.15. The lowest BCUT2D eigenvalue weighted by Crippen LogP contribution is -2.12. The second-order valence-electron chi connectivity index (χ2n) is 5.32. The summed E-state index contributed by atoms with van der Waals surface area (Å²) in [5.74, 6) is 1.04. The number of halogens is 1. The van der Waals surface area contributed by atoms with E-state index in [-0.39, 0.29) is 5.91 Å². The van der Waals surface area contributed by atoms with Gasteiger partial charge in [0, 0.05) is 28.0 Å². The molecular weight excluding hydrogens is 382 g/mol. The molecule has 2 aromatic carbocycles. The quantitative estimate of drug-likeness (QED) is 0.574. The van der Waals surface area contributed by atoms with Crippen molar-refractivity contribution in [1.29, 1.82) is 0 Å². The van der Waals surface area contributed by atoms with Crippen LogP contribution < -0.4 is 5.32 Å². The van der Waals surface area contributed by atoms with Crippen LogP contribution in [0.15, 0.2) is 71.5 Å². The number of nitrogens with zero attached hydrogens (tertiary/aromatic N) is 4. The molecule has 4 aromatic rings. The monoisotopic (exact) mass is 393 g/mol. The number of benzene rings is 2. The number of anilines is 1. The maximum absolute atomic E-state index is 12.4. The zero-order valence-electron chi connectivity index (χ0n) is 12.9. The van der Waals surface area contributed by atoms with Crippen molar-refractivity contribution < 1.29 is 4.79 Å². The third kappa shape index (κ3) is 3.01. The molecule has 0 unspecified atom stereocenters. The molecule has 2 aromatic heterocycles. The lowest BCUT2D eigenvalue weighted by atomic mass is 10.1. The van der Waals surface area contributed by atoms with E-state index in [9.17, 15) is 4.79 Å². The normalized spacial score (nSPS) is 10.8. The average Bonchev–Trinajstić information content (AvgIpc) is 3.08. The molecule has 4 rings (SSSR count). The molecule has 122 valence electrons. The molecule has 1 amide bonds. The number of hydrogen-bond acceptors (Lipinski definition) is 4. The molecule has 7 heteroatoms. The van der Waals surface area contributed by atoms with E-state index in [0.29, 0.717) is 17.2 Å². The molecule has 0 spiro atoms. The Morgan fingerprint density at radius 2 is 1.80 bits per heavy atom. The fraction of sp³-hybridized carbons (Fsp3) is 0. The van der Waals surface area contributed by atoms with E-state index < -0.39 is 0 Å². The number of carbonyl (C=O) groups excluding carboxylic acids is 1. The summed E-state index contributed by atoms with van der Waals surface area (Å²) in [6.07, 6.45) is 3.52. The van der Waals surface area contributed by atoms with E-state index in [1.807, 2.05) is 48.7 Å². The molecular formula is C18H12BrN5O. The fourth-order valence-electron chi connectivity index (χ4n) is 2.47. The van der Waals surface area contributed by atoms with E-state index in [1.165, 1.54) is 0 Å². The van der Waals surface area contributed by atoms with Gasteiger partial charge in [-0.1, -0.05) is 24.3 Å². The van der Waals surface area contributed by atoms with Crippen molar-refractivity contribution in [2.75, 3.05) is 5.32 Å². The van der Waals surface area contributed by atoms with Gasteiger partial charge in [-0.05, 0) is 46.3 Å². The first kappa shape index (κ1) is 15.5. The van der Waals surface area contributed by atoms with Crippen molar-refractivity contribution in [2.45, 2.75) is 0 Å². The highest BCUT2D eigenvalue weighted by Crippen LogP contribution is 2.23. The van der Waals surface area contributed by atoms with Crippen LogP contribution in [0.4, 0.5) is 5.69 Å². The van der Waals surface area contributed by atoms with Crippen LogP contribution in [0.25, 0.3) is 17.2 Å². The number of amides is 1. The molecule has 0 aliphatic heterocycles. The van der Waals surface area contributed by atoms with E-state index in [1.54, 1.807) is 22.7 Å². The van der Waals surface area contributed by atoms with Gasteiger partial charge < -0.3 is 5.32 Å². The maximum atomic E-state index is 12.4. The van der Waals surface area contributed by atoms with Crippen LogP contribution in [0.3, 0.4) is 0 Å². The summed E-state index contributed by atoms with van der Waals surface area (Å²) in [6, 6.07) is 16.5. The molecule has 25 heavy (non-hydrogen) atoms. The Bertz CT molecular complexity index is 1060. The summed E-state index contributed by atoms with van der Waals surface area (Å²) in [5, 5.41) is 11.1. The highest BCUT2D eigenvalue weighted by Gasteiger charge is 2.11. The number of para-hydroxylation sites is 1. The van der Waals surface area contributed by atoms with Crippen LogP contribution in [-0.4, -0.2) is 25.5 Å². The van der Waals surface area contributed by atoms with Gasteiger partial charge in [-0.15, -0.1) is 10.2 Å². The highest BCUT2D eigenvalue weighted by molar-refractivity contribution is 9.10. The SMILES string of the molecule is O=C(Nc1ccccc1Br)c1ccc(-c2nnc3ncccn23)cc1. The molecule has 0 aliphatic rings. The van der Waals surface area contributed by atoms with Crippen LogP contribution in [-0.2, 0) is 0 Å². The molecule has 1 N–H and O–H groups in total. The molecule has 0 atom stereocenters. The Hall–Kier alpha value is -3.06. The minimum atomic E-state index is -0.175.